The molecule has 2 aromatic heterocycles. The van der Waals surface area contributed by atoms with E-state index in [1.165, 1.54) is 0 Å². The van der Waals surface area contributed by atoms with E-state index in [2.05, 4.69) is 22.4 Å². The van der Waals surface area contributed by atoms with Gasteiger partial charge in [-0.15, -0.1) is 0 Å². The van der Waals surface area contributed by atoms with E-state index >= 15 is 0 Å². The van der Waals surface area contributed by atoms with Crippen molar-refractivity contribution < 1.29 is 4.42 Å². The highest BCUT2D eigenvalue weighted by Gasteiger charge is 2.07. The Labute approximate surface area is 88.3 Å². The van der Waals surface area contributed by atoms with Gasteiger partial charge in [-0.2, -0.15) is 10.2 Å². The molecule has 0 fully saturated rings. The van der Waals surface area contributed by atoms with Crippen LogP contribution < -0.4 is 5.32 Å². The second kappa shape index (κ2) is 4.70. The molecule has 15 heavy (non-hydrogen) atoms. The zero-order valence-electron chi connectivity index (χ0n) is 8.55. The van der Waals surface area contributed by atoms with Crippen LogP contribution in [0.5, 0.6) is 0 Å². The summed E-state index contributed by atoms with van der Waals surface area (Å²) in [6, 6.07) is 7.84. The Hall–Kier alpha value is -1.68. The Bertz CT molecular complexity index is 385. The molecular weight excluding hydrogens is 190 g/mol. The van der Waals surface area contributed by atoms with Crippen LogP contribution in [0.15, 0.2) is 41.1 Å². The van der Waals surface area contributed by atoms with Gasteiger partial charge in [0.2, 0.25) is 0 Å². The van der Waals surface area contributed by atoms with Gasteiger partial charge in [0.25, 0.3) is 0 Å². The maximum Gasteiger partial charge on any atom is 0.120 e. The molecule has 0 aliphatic rings. The highest BCUT2D eigenvalue weighted by molar-refractivity contribution is 5.04. The Kier molecular flexibility index (Phi) is 3.09. The maximum absolute atomic E-state index is 5.29. The van der Waals surface area contributed by atoms with Crippen LogP contribution in [0.2, 0.25) is 0 Å². The van der Waals surface area contributed by atoms with E-state index in [1.807, 2.05) is 24.3 Å². The van der Waals surface area contributed by atoms with Gasteiger partial charge in [-0.3, -0.25) is 0 Å². The van der Waals surface area contributed by atoms with Gasteiger partial charge in [0, 0.05) is 12.7 Å². The van der Waals surface area contributed by atoms with E-state index in [1.54, 1.807) is 12.5 Å². The van der Waals surface area contributed by atoms with Crippen molar-refractivity contribution in [3.8, 4) is 0 Å². The topological polar surface area (TPSA) is 51.0 Å². The van der Waals surface area contributed by atoms with Gasteiger partial charge in [0.15, 0.2) is 0 Å². The fourth-order valence-corrected chi connectivity index (χ4v) is 1.32. The van der Waals surface area contributed by atoms with E-state index < -0.39 is 0 Å². The summed E-state index contributed by atoms with van der Waals surface area (Å²) in [5.41, 5.74) is 0.927. The van der Waals surface area contributed by atoms with Crippen LogP contribution >= 0.6 is 0 Å². The van der Waals surface area contributed by atoms with E-state index in [0.717, 1.165) is 11.5 Å². The molecule has 0 saturated heterocycles. The van der Waals surface area contributed by atoms with Crippen LogP contribution in [0.25, 0.3) is 0 Å². The van der Waals surface area contributed by atoms with Crippen molar-refractivity contribution in [2.75, 3.05) is 0 Å². The van der Waals surface area contributed by atoms with E-state index in [0.29, 0.717) is 6.54 Å². The van der Waals surface area contributed by atoms with Gasteiger partial charge in [-0.05, 0) is 31.2 Å². The maximum atomic E-state index is 5.29. The zero-order valence-corrected chi connectivity index (χ0v) is 8.55. The summed E-state index contributed by atoms with van der Waals surface area (Å²) in [6.45, 7) is 2.74. The van der Waals surface area contributed by atoms with Crippen molar-refractivity contribution in [1.82, 2.24) is 15.5 Å². The van der Waals surface area contributed by atoms with Crippen LogP contribution in [0, 0.1) is 0 Å². The van der Waals surface area contributed by atoms with E-state index in [9.17, 15) is 0 Å². The zero-order chi connectivity index (χ0) is 10.5. The average molecular weight is 203 g/mol. The first-order valence-corrected chi connectivity index (χ1v) is 4.89. The molecule has 2 heterocycles. The minimum atomic E-state index is 0.182. The monoisotopic (exact) mass is 203 g/mol. The lowest BCUT2D eigenvalue weighted by molar-refractivity contribution is 0.428. The summed E-state index contributed by atoms with van der Waals surface area (Å²) < 4.78 is 5.29. The molecule has 0 radical (unpaired) electrons. The standard InChI is InChI=1S/C11H13N3O/c1-9(11-5-3-7-15-11)12-8-10-4-2-6-13-14-10/h2-7,9,12H,8H2,1H3. The first kappa shape index (κ1) is 9.86. The van der Waals surface area contributed by atoms with Crippen molar-refractivity contribution >= 4 is 0 Å². The van der Waals surface area contributed by atoms with Gasteiger partial charge in [-0.25, -0.2) is 0 Å². The van der Waals surface area contributed by atoms with Crippen molar-refractivity contribution in [2.24, 2.45) is 0 Å². The number of rotatable bonds is 4. The largest absolute Gasteiger partial charge is 0.468 e. The first-order valence-electron chi connectivity index (χ1n) is 4.89. The highest BCUT2D eigenvalue weighted by atomic mass is 16.3. The first-order chi connectivity index (χ1) is 7.36. The summed E-state index contributed by atoms with van der Waals surface area (Å²) in [5.74, 6) is 0.930. The molecular formula is C11H13N3O. The second-order valence-corrected chi connectivity index (χ2v) is 3.33. The molecule has 4 nitrogen and oxygen atoms in total. The predicted octanol–water partition coefficient (Wildman–Crippen LogP) is 1.92. The van der Waals surface area contributed by atoms with Crippen LogP contribution in [-0.4, -0.2) is 10.2 Å². The molecule has 0 spiro atoms. The second-order valence-electron chi connectivity index (χ2n) is 3.33. The molecule has 1 N–H and O–H groups in total. The lowest BCUT2D eigenvalue weighted by Crippen LogP contribution is -2.18. The molecule has 0 saturated carbocycles. The number of nitrogens with one attached hydrogen (secondary N) is 1. The van der Waals surface area contributed by atoms with Crippen LogP contribution in [0.4, 0.5) is 0 Å². The van der Waals surface area contributed by atoms with Crippen LogP contribution in [0.3, 0.4) is 0 Å². The number of aromatic nitrogens is 2. The fourth-order valence-electron chi connectivity index (χ4n) is 1.32. The van der Waals surface area contributed by atoms with Gasteiger partial charge in [0.1, 0.15) is 5.76 Å². The van der Waals surface area contributed by atoms with Crippen LogP contribution in [-0.2, 0) is 6.54 Å². The third kappa shape index (κ3) is 2.63. The quantitative estimate of drug-likeness (QED) is 0.824. The van der Waals surface area contributed by atoms with Gasteiger partial charge in [-0.1, -0.05) is 0 Å². The van der Waals surface area contributed by atoms with Gasteiger partial charge >= 0.3 is 0 Å². The summed E-state index contributed by atoms with van der Waals surface area (Å²) >= 11 is 0. The van der Waals surface area contributed by atoms with Gasteiger partial charge in [0.05, 0.1) is 18.0 Å². The normalized spacial score (nSPS) is 12.6. The molecule has 2 rings (SSSR count). The summed E-state index contributed by atoms with van der Waals surface area (Å²) in [5, 5.41) is 11.1. The Morgan fingerprint density at radius 1 is 1.40 bits per heavy atom. The summed E-state index contributed by atoms with van der Waals surface area (Å²) in [7, 11) is 0. The average Bonchev–Trinajstić information content (AvgIpc) is 2.81. The minimum absolute atomic E-state index is 0.182. The summed E-state index contributed by atoms with van der Waals surface area (Å²) in [6.07, 6.45) is 3.34. The molecule has 0 aromatic carbocycles. The molecule has 1 atom stereocenters. The molecule has 0 bridgehead atoms. The third-order valence-electron chi connectivity index (χ3n) is 2.19. The smallest absolute Gasteiger partial charge is 0.120 e. The number of hydrogen-bond donors (Lipinski definition) is 1. The predicted molar refractivity (Wildman–Crippen MR) is 56.0 cm³/mol. The molecule has 0 aliphatic carbocycles. The molecule has 4 heteroatoms. The highest BCUT2D eigenvalue weighted by Crippen LogP contribution is 2.12. The Morgan fingerprint density at radius 2 is 2.33 bits per heavy atom. The van der Waals surface area contributed by atoms with Crippen molar-refractivity contribution in [3.63, 3.8) is 0 Å². The molecule has 0 amide bonds. The summed E-state index contributed by atoms with van der Waals surface area (Å²) in [4.78, 5) is 0. The number of nitrogens with zero attached hydrogens (tertiary/aromatic N) is 2. The molecule has 1 unspecified atom stereocenters. The lowest BCUT2D eigenvalue weighted by atomic mass is 10.2. The molecule has 2 aromatic rings. The molecule has 78 valence electrons. The van der Waals surface area contributed by atoms with Crippen LogP contribution in [0.1, 0.15) is 24.4 Å². The van der Waals surface area contributed by atoms with E-state index in [4.69, 9.17) is 4.42 Å². The number of hydrogen-bond acceptors (Lipinski definition) is 4. The van der Waals surface area contributed by atoms with Crippen molar-refractivity contribution in [3.05, 3.63) is 48.2 Å². The van der Waals surface area contributed by atoms with Crippen molar-refractivity contribution in [1.29, 1.82) is 0 Å². The van der Waals surface area contributed by atoms with E-state index in [-0.39, 0.29) is 6.04 Å². The Morgan fingerprint density at radius 3 is 3.00 bits per heavy atom. The number of furan rings is 1. The Balaban J connectivity index is 1.89. The molecule has 0 aliphatic heterocycles. The van der Waals surface area contributed by atoms with Gasteiger partial charge < -0.3 is 9.73 Å². The fraction of sp³-hybridized carbons (Fsp3) is 0.273. The minimum Gasteiger partial charge on any atom is -0.468 e. The van der Waals surface area contributed by atoms with Crippen molar-refractivity contribution in [2.45, 2.75) is 19.5 Å². The third-order valence-corrected chi connectivity index (χ3v) is 2.19. The SMILES string of the molecule is CC(NCc1cccnn1)c1ccco1. The lowest BCUT2D eigenvalue weighted by Gasteiger charge is -2.09.